The molecule has 0 saturated carbocycles. The second-order valence-electron chi connectivity index (χ2n) is 1.71. The van der Waals surface area contributed by atoms with E-state index in [4.69, 9.17) is 15.6 Å². The normalized spacial score (nSPS) is 10.8. The fourth-order valence-electron chi connectivity index (χ4n) is 0.476. The highest BCUT2D eigenvalue weighted by Gasteiger charge is 1.98. The Labute approximate surface area is 64.8 Å². The Morgan fingerprint density at radius 2 is 2.45 bits per heavy atom. The molecule has 0 rings (SSSR count). The number of nitrogens with one attached hydrogen (secondary N) is 1. The highest BCUT2D eigenvalue weighted by molar-refractivity contribution is 5.69. The van der Waals surface area contributed by atoms with Gasteiger partial charge in [-0.05, 0) is 6.92 Å². The van der Waals surface area contributed by atoms with Gasteiger partial charge in [-0.15, -0.1) is 0 Å². The molecule has 11 heavy (non-hydrogen) atoms. The lowest BCUT2D eigenvalue weighted by molar-refractivity contribution is -0.136. The van der Waals surface area contributed by atoms with Gasteiger partial charge in [0.05, 0.1) is 12.8 Å². The van der Waals surface area contributed by atoms with E-state index >= 15 is 0 Å². The quantitative estimate of drug-likeness (QED) is 0.470. The molecule has 0 atom stereocenters. The number of rotatable bonds is 5. The van der Waals surface area contributed by atoms with Crippen molar-refractivity contribution >= 4 is 5.97 Å². The zero-order chi connectivity index (χ0) is 8.69. The van der Waals surface area contributed by atoms with Crippen molar-refractivity contribution in [1.82, 2.24) is 5.32 Å². The Balaban J connectivity index is 3.62. The summed E-state index contributed by atoms with van der Waals surface area (Å²) < 4.78 is 4.90. The summed E-state index contributed by atoms with van der Waals surface area (Å²) in [6.07, 6.45) is 1.19. The predicted octanol–water partition coefficient (Wildman–Crippen LogP) is -0.545. The second-order valence-corrected chi connectivity index (χ2v) is 1.71. The Hall–Kier alpha value is -1.39. The summed E-state index contributed by atoms with van der Waals surface area (Å²) >= 11 is 0. The van der Waals surface area contributed by atoms with Crippen molar-refractivity contribution in [3.8, 4) is 0 Å². The largest absolute Gasteiger partial charge is 0.480 e. The molecular formula is C6H12N2O3. The molecule has 64 valence electrons. The third-order valence-electron chi connectivity index (χ3n) is 0.865. The van der Waals surface area contributed by atoms with Gasteiger partial charge in [-0.25, -0.2) is 0 Å². The van der Waals surface area contributed by atoms with Gasteiger partial charge >= 0.3 is 5.97 Å². The number of carbonyl (C=O) groups is 1. The molecule has 5 heteroatoms. The van der Waals surface area contributed by atoms with Crippen LogP contribution in [0, 0.1) is 0 Å². The molecule has 4 N–H and O–H groups in total. The van der Waals surface area contributed by atoms with Crippen molar-refractivity contribution in [3.63, 3.8) is 0 Å². The molecule has 0 spiro atoms. The number of nitrogens with two attached hydrogens (primary N) is 1. The summed E-state index contributed by atoms with van der Waals surface area (Å²) in [4.78, 5) is 10.0. The molecule has 0 heterocycles. The number of carboxylic acid groups (broad SMARTS) is 1. The molecule has 0 unspecified atom stereocenters. The Bertz CT molecular complexity index is 156. The Morgan fingerprint density at radius 1 is 1.82 bits per heavy atom. The third-order valence-corrected chi connectivity index (χ3v) is 0.865. The summed E-state index contributed by atoms with van der Waals surface area (Å²) in [6.45, 7) is 2.05. The van der Waals surface area contributed by atoms with Crippen molar-refractivity contribution in [1.29, 1.82) is 0 Å². The first-order valence-corrected chi connectivity index (χ1v) is 3.21. The van der Waals surface area contributed by atoms with Crippen LogP contribution in [0.1, 0.15) is 6.92 Å². The lowest BCUT2D eigenvalue weighted by atomic mass is 10.6. The maximum absolute atomic E-state index is 10.0. The summed E-state index contributed by atoms with van der Waals surface area (Å²) in [5.74, 6) is -0.668. The molecule has 0 amide bonds. The molecule has 0 fully saturated rings. The monoisotopic (exact) mass is 160 g/mol. The van der Waals surface area contributed by atoms with Crippen molar-refractivity contribution < 1.29 is 14.6 Å². The standard InChI is InChI=1S/C6H12N2O3/c1-2-11-5(3-7)8-4-6(9)10/h3,8H,2,4,7H2,1H3,(H,9,10). The molecule has 0 aliphatic heterocycles. The molecule has 0 aromatic rings. The van der Waals surface area contributed by atoms with E-state index in [2.05, 4.69) is 5.32 Å². The minimum Gasteiger partial charge on any atom is -0.480 e. The van der Waals surface area contributed by atoms with E-state index in [9.17, 15) is 4.79 Å². The van der Waals surface area contributed by atoms with Crippen LogP contribution in [0.4, 0.5) is 0 Å². The van der Waals surface area contributed by atoms with Crippen molar-refractivity contribution in [2.45, 2.75) is 6.92 Å². The second kappa shape index (κ2) is 5.40. The smallest absolute Gasteiger partial charge is 0.322 e. The zero-order valence-corrected chi connectivity index (χ0v) is 6.33. The van der Waals surface area contributed by atoms with E-state index in [1.54, 1.807) is 6.92 Å². The minimum absolute atomic E-state index is 0.191. The topological polar surface area (TPSA) is 84.6 Å². The summed E-state index contributed by atoms with van der Waals surface area (Å²) in [5.41, 5.74) is 5.10. The Kier molecular flexibility index (Phi) is 4.72. The van der Waals surface area contributed by atoms with Crippen LogP contribution in [-0.4, -0.2) is 24.2 Å². The average molecular weight is 160 g/mol. The lowest BCUT2D eigenvalue weighted by Crippen LogP contribution is -2.24. The van der Waals surface area contributed by atoms with Crippen LogP contribution in [0.2, 0.25) is 0 Å². The van der Waals surface area contributed by atoms with Crippen LogP contribution < -0.4 is 11.1 Å². The molecule has 0 aliphatic rings. The SMILES string of the molecule is CCOC(=CN)NCC(=O)O. The molecular weight excluding hydrogens is 148 g/mol. The van der Waals surface area contributed by atoms with Crippen molar-refractivity contribution in [2.24, 2.45) is 5.73 Å². The Morgan fingerprint density at radius 3 is 2.82 bits per heavy atom. The molecule has 0 saturated heterocycles. The van der Waals surface area contributed by atoms with Gasteiger partial charge in [0.25, 0.3) is 0 Å². The van der Waals surface area contributed by atoms with Crippen molar-refractivity contribution in [2.75, 3.05) is 13.2 Å². The van der Waals surface area contributed by atoms with Gasteiger partial charge in [0.1, 0.15) is 6.54 Å². The highest BCUT2D eigenvalue weighted by Crippen LogP contribution is 1.87. The van der Waals surface area contributed by atoms with E-state index < -0.39 is 5.97 Å². The van der Waals surface area contributed by atoms with Crippen LogP contribution in [0.5, 0.6) is 0 Å². The van der Waals surface area contributed by atoms with Gasteiger partial charge in [0.2, 0.25) is 5.88 Å². The van der Waals surface area contributed by atoms with Gasteiger partial charge < -0.3 is 20.9 Å². The average Bonchev–Trinajstić information content (AvgIpc) is 1.97. The first kappa shape index (κ1) is 9.61. The molecule has 0 aromatic carbocycles. The fraction of sp³-hybridized carbons (Fsp3) is 0.500. The van der Waals surface area contributed by atoms with Crippen LogP contribution >= 0.6 is 0 Å². The van der Waals surface area contributed by atoms with E-state index in [0.717, 1.165) is 0 Å². The summed E-state index contributed by atoms with van der Waals surface area (Å²) in [6, 6.07) is 0. The van der Waals surface area contributed by atoms with Crippen LogP contribution in [0.25, 0.3) is 0 Å². The first-order chi connectivity index (χ1) is 5.20. The van der Waals surface area contributed by atoms with E-state index in [0.29, 0.717) is 6.61 Å². The number of aliphatic carboxylic acids is 1. The van der Waals surface area contributed by atoms with E-state index in [1.807, 2.05) is 0 Å². The third kappa shape index (κ3) is 5.07. The van der Waals surface area contributed by atoms with Gasteiger partial charge in [-0.1, -0.05) is 0 Å². The summed E-state index contributed by atoms with van der Waals surface area (Å²) in [5, 5.41) is 10.7. The minimum atomic E-state index is -0.955. The van der Waals surface area contributed by atoms with E-state index in [-0.39, 0.29) is 12.4 Å². The number of carboxylic acids is 1. The molecule has 0 aromatic heterocycles. The van der Waals surface area contributed by atoms with E-state index in [1.165, 1.54) is 6.20 Å². The van der Waals surface area contributed by atoms with Crippen LogP contribution in [0.3, 0.4) is 0 Å². The number of hydrogen-bond acceptors (Lipinski definition) is 4. The van der Waals surface area contributed by atoms with Gasteiger partial charge in [0, 0.05) is 0 Å². The van der Waals surface area contributed by atoms with Crippen LogP contribution in [-0.2, 0) is 9.53 Å². The molecule has 0 bridgehead atoms. The zero-order valence-electron chi connectivity index (χ0n) is 6.33. The predicted molar refractivity (Wildman–Crippen MR) is 39.5 cm³/mol. The van der Waals surface area contributed by atoms with Gasteiger partial charge in [-0.3, -0.25) is 4.79 Å². The molecule has 0 aliphatic carbocycles. The fourth-order valence-corrected chi connectivity index (χ4v) is 0.476. The maximum Gasteiger partial charge on any atom is 0.322 e. The van der Waals surface area contributed by atoms with Gasteiger partial charge in [0.15, 0.2) is 0 Å². The van der Waals surface area contributed by atoms with Crippen molar-refractivity contribution in [3.05, 3.63) is 12.1 Å². The first-order valence-electron chi connectivity index (χ1n) is 3.21. The molecule has 5 nitrogen and oxygen atoms in total. The van der Waals surface area contributed by atoms with Gasteiger partial charge in [-0.2, -0.15) is 0 Å². The maximum atomic E-state index is 10.0. The number of ether oxygens (including phenoxy) is 1. The lowest BCUT2D eigenvalue weighted by Gasteiger charge is -2.07. The summed E-state index contributed by atoms with van der Waals surface area (Å²) in [7, 11) is 0. The van der Waals surface area contributed by atoms with Crippen LogP contribution in [0.15, 0.2) is 12.1 Å². The highest BCUT2D eigenvalue weighted by atomic mass is 16.5. The molecule has 0 radical (unpaired) electrons. The number of hydrogen-bond donors (Lipinski definition) is 3.